The zero-order valence-electron chi connectivity index (χ0n) is 11.0. The number of rotatable bonds is 10. The lowest BCUT2D eigenvalue weighted by Gasteiger charge is -2.13. The van der Waals surface area contributed by atoms with E-state index in [9.17, 15) is 9.59 Å². The second-order valence-electron chi connectivity index (χ2n) is 4.23. The highest BCUT2D eigenvalue weighted by Gasteiger charge is 2.20. The highest BCUT2D eigenvalue weighted by atomic mass is 32.2. The molecule has 0 fully saturated rings. The van der Waals surface area contributed by atoms with Crippen molar-refractivity contribution in [3.63, 3.8) is 0 Å². The second-order valence-corrected chi connectivity index (χ2v) is 6.08. The van der Waals surface area contributed by atoms with Gasteiger partial charge in [-0.2, -0.15) is 24.4 Å². The Balaban J connectivity index is 2.30. The lowest BCUT2D eigenvalue weighted by Crippen LogP contribution is -2.42. The topological polar surface area (TPSA) is 95.1 Å². The van der Waals surface area contributed by atoms with E-state index in [1.165, 1.54) is 6.33 Å². The number of H-pyrrole nitrogens is 1. The number of carbonyl (C=O) groups is 2. The monoisotopic (exact) mass is 317 g/mol. The van der Waals surface area contributed by atoms with E-state index < -0.39 is 12.0 Å². The minimum atomic E-state index is -1.04. The van der Waals surface area contributed by atoms with Gasteiger partial charge in [-0.05, 0) is 18.6 Å². The molecule has 1 aromatic rings. The van der Waals surface area contributed by atoms with E-state index in [4.69, 9.17) is 5.11 Å². The molecular formula is C12H19N3O3S2. The fourth-order valence-electron chi connectivity index (χ4n) is 1.64. The molecule has 8 heteroatoms. The van der Waals surface area contributed by atoms with Crippen LogP contribution >= 0.6 is 24.4 Å². The average molecular weight is 317 g/mol. The summed E-state index contributed by atoms with van der Waals surface area (Å²) in [5, 5.41) is 12.4. The molecule has 0 spiro atoms. The Morgan fingerprint density at radius 1 is 1.50 bits per heavy atom. The van der Waals surface area contributed by atoms with Crippen molar-refractivity contribution in [2.24, 2.45) is 0 Å². The molecule has 0 unspecified atom stereocenters. The number of carbonyl (C=O) groups excluding carboxylic acids is 1. The van der Waals surface area contributed by atoms with Crippen LogP contribution in [0.4, 0.5) is 0 Å². The molecule has 0 aromatic carbocycles. The largest absolute Gasteiger partial charge is 0.480 e. The molecule has 1 amide bonds. The van der Waals surface area contributed by atoms with Gasteiger partial charge in [0, 0.05) is 29.8 Å². The number of thioether (sulfide) groups is 1. The van der Waals surface area contributed by atoms with Gasteiger partial charge in [0.25, 0.3) is 0 Å². The minimum absolute atomic E-state index is 0.205. The summed E-state index contributed by atoms with van der Waals surface area (Å²) in [6.45, 7) is 0. The molecule has 1 aromatic heterocycles. The first kappa shape index (κ1) is 16.9. The molecule has 0 saturated heterocycles. The van der Waals surface area contributed by atoms with Gasteiger partial charge < -0.3 is 15.4 Å². The predicted molar refractivity (Wildman–Crippen MR) is 82.0 cm³/mol. The van der Waals surface area contributed by atoms with Crippen LogP contribution < -0.4 is 5.32 Å². The van der Waals surface area contributed by atoms with Crippen LogP contribution in [-0.4, -0.2) is 43.8 Å². The fraction of sp³-hybridized carbons (Fsp3) is 0.583. The van der Waals surface area contributed by atoms with Gasteiger partial charge >= 0.3 is 5.97 Å². The number of aromatic amines is 1. The summed E-state index contributed by atoms with van der Waals surface area (Å²) in [7, 11) is 0. The molecule has 0 saturated carbocycles. The number of unbranched alkanes of at least 4 members (excludes halogenated alkanes) is 1. The van der Waals surface area contributed by atoms with Crippen LogP contribution in [0.15, 0.2) is 12.5 Å². The van der Waals surface area contributed by atoms with Crippen LogP contribution in [0.1, 0.15) is 25.0 Å². The van der Waals surface area contributed by atoms with E-state index in [0.717, 1.165) is 23.7 Å². The number of nitrogens with one attached hydrogen (secondary N) is 2. The van der Waals surface area contributed by atoms with Gasteiger partial charge in [-0.3, -0.25) is 4.79 Å². The highest BCUT2D eigenvalue weighted by Crippen LogP contribution is 2.07. The third-order valence-corrected chi connectivity index (χ3v) is 3.95. The van der Waals surface area contributed by atoms with E-state index in [0.29, 0.717) is 12.1 Å². The van der Waals surface area contributed by atoms with Gasteiger partial charge in [0.2, 0.25) is 5.91 Å². The normalized spacial score (nSPS) is 12.1. The van der Waals surface area contributed by atoms with Crippen LogP contribution in [0.25, 0.3) is 0 Å². The molecule has 6 nitrogen and oxygen atoms in total. The smallest absolute Gasteiger partial charge is 0.326 e. The number of imidazole rings is 1. The second kappa shape index (κ2) is 9.71. The van der Waals surface area contributed by atoms with Crippen molar-refractivity contribution in [1.29, 1.82) is 0 Å². The van der Waals surface area contributed by atoms with Gasteiger partial charge in [0.15, 0.2) is 0 Å². The van der Waals surface area contributed by atoms with E-state index in [-0.39, 0.29) is 12.3 Å². The first-order chi connectivity index (χ1) is 9.63. The quantitative estimate of drug-likeness (QED) is 0.296. The van der Waals surface area contributed by atoms with Gasteiger partial charge in [0.1, 0.15) is 6.04 Å². The first-order valence-corrected chi connectivity index (χ1v) is 8.10. The maximum atomic E-state index is 11.7. The summed E-state index contributed by atoms with van der Waals surface area (Å²) < 4.78 is 0. The van der Waals surface area contributed by atoms with Crippen molar-refractivity contribution < 1.29 is 14.7 Å². The van der Waals surface area contributed by atoms with Crippen LogP contribution in [0, 0.1) is 0 Å². The molecule has 20 heavy (non-hydrogen) atoms. The number of nitrogens with zero attached hydrogens (tertiary/aromatic N) is 1. The Bertz CT molecular complexity index is 412. The van der Waals surface area contributed by atoms with Crippen LogP contribution in [0.3, 0.4) is 0 Å². The molecule has 0 radical (unpaired) electrons. The van der Waals surface area contributed by atoms with Crippen molar-refractivity contribution in [1.82, 2.24) is 15.3 Å². The highest BCUT2D eigenvalue weighted by molar-refractivity contribution is 8.09. The summed E-state index contributed by atoms with van der Waals surface area (Å²) in [6.07, 6.45) is 5.27. The zero-order chi connectivity index (χ0) is 14.8. The van der Waals surface area contributed by atoms with Crippen molar-refractivity contribution in [3.8, 4) is 0 Å². The van der Waals surface area contributed by atoms with Crippen LogP contribution in [0.2, 0.25) is 0 Å². The van der Waals surface area contributed by atoms with Crippen LogP contribution in [0.5, 0.6) is 0 Å². The summed E-state index contributed by atoms with van der Waals surface area (Å²) in [5.41, 5.74) is 0.683. The Hall–Kier alpha value is -1.15. The van der Waals surface area contributed by atoms with Gasteiger partial charge in [0.05, 0.1) is 6.33 Å². The van der Waals surface area contributed by atoms with E-state index >= 15 is 0 Å². The number of amides is 1. The van der Waals surface area contributed by atoms with Crippen molar-refractivity contribution in [3.05, 3.63) is 18.2 Å². The number of aliphatic carboxylic acids is 1. The first-order valence-electron chi connectivity index (χ1n) is 6.31. The van der Waals surface area contributed by atoms with Gasteiger partial charge in [-0.1, -0.05) is 0 Å². The van der Waals surface area contributed by atoms with E-state index in [1.54, 1.807) is 18.0 Å². The summed E-state index contributed by atoms with van der Waals surface area (Å²) in [4.78, 5) is 29.5. The number of carboxylic acids is 1. The SMILES string of the molecule is O=C(CCCCSCS)N[C@@H](Cc1cnc[nH]1)C(=O)O. The Labute approximate surface area is 127 Å². The zero-order valence-corrected chi connectivity index (χ0v) is 12.8. The van der Waals surface area contributed by atoms with E-state index in [2.05, 4.69) is 27.9 Å². The van der Waals surface area contributed by atoms with Gasteiger partial charge in [-0.15, -0.1) is 0 Å². The predicted octanol–water partition coefficient (Wildman–Crippen LogP) is 1.31. The lowest BCUT2D eigenvalue weighted by atomic mass is 10.1. The summed E-state index contributed by atoms with van der Waals surface area (Å²) >= 11 is 5.79. The number of aromatic nitrogens is 2. The molecule has 3 N–H and O–H groups in total. The summed E-state index contributed by atoms with van der Waals surface area (Å²) in [5.74, 6) is -0.306. The number of hydrogen-bond acceptors (Lipinski definition) is 5. The standard InChI is InChI=1S/C12H19N3O3S2/c16-11(3-1-2-4-20-8-19)15-10(12(17)18)5-9-6-13-7-14-9/h6-7,10,19H,1-5,8H2,(H,13,14)(H,15,16)(H,17,18)/t10-/m0/s1. The molecule has 0 bridgehead atoms. The molecule has 1 heterocycles. The fourth-order valence-corrected chi connectivity index (χ4v) is 2.56. The Morgan fingerprint density at radius 3 is 2.90 bits per heavy atom. The third kappa shape index (κ3) is 6.85. The minimum Gasteiger partial charge on any atom is -0.480 e. The Morgan fingerprint density at radius 2 is 2.30 bits per heavy atom. The maximum absolute atomic E-state index is 11.7. The molecule has 1 atom stereocenters. The molecule has 1 rings (SSSR count). The van der Waals surface area contributed by atoms with Gasteiger partial charge in [-0.25, -0.2) is 9.78 Å². The molecule has 0 aliphatic rings. The molecule has 0 aliphatic carbocycles. The van der Waals surface area contributed by atoms with Crippen molar-refractivity contribution in [2.75, 3.05) is 10.8 Å². The number of hydrogen-bond donors (Lipinski definition) is 4. The van der Waals surface area contributed by atoms with Crippen LogP contribution in [-0.2, 0) is 16.0 Å². The average Bonchev–Trinajstić information content (AvgIpc) is 2.90. The van der Waals surface area contributed by atoms with Crippen molar-refractivity contribution in [2.45, 2.75) is 31.7 Å². The number of thiol groups is 1. The molecular weight excluding hydrogens is 298 g/mol. The molecule has 112 valence electrons. The lowest BCUT2D eigenvalue weighted by molar-refractivity contribution is -0.141. The van der Waals surface area contributed by atoms with Crippen molar-refractivity contribution >= 4 is 36.3 Å². The third-order valence-electron chi connectivity index (χ3n) is 2.65. The maximum Gasteiger partial charge on any atom is 0.326 e. The number of carboxylic acid groups (broad SMARTS) is 1. The Kier molecular flexibility index (Phi) is 8.20. The summed E-state index contributed by atoms with van der Waals surface area (Å²) in [6, 6.07) is -0.922. The van der Waals surface area contributed by atoms with E-state index in [1.807, 2.05) is 0 Å². The molecule has 0 aliphatic heterocycles.